The van der Waals surface area contributed by atoms with Crippen LogP contribution in [0.5, 0.6) is 0 Å². The second-order valence-corrected chi connectivity index (χ2v) is 8.88. The maximum atomic E-state index is 11.9. The van der Waals surface area contributed by atoms with Crippen molar-refractivity contribution in [2.75, 3.05) is 13.2 Å². The molecule has 156 valence electrons. The lowest BCUT2D eigenvalue weighted by atomic mass is 9.89. The zero-order valence-corrected chi connectivity index (χ0v) is 17.8. The van der Waals surface area contributed by atoms with Crippen LogP contribution in [0.1, 0.15) is 34.9 Å². The minimum absolute atomic E-state index is 0.187. The van der Waals surface area contributed by atoms with Gasteiger partial charge in [0.25, 0.3) is 5.91 Å². The van der Waals surface area contributed by atoms with Crippen molar-refractivity contribution >= 4 is 40.0 Å². The number of para-hydroxylation sites is 1. The molecule has 2 N–H and O–H groups in total. The van der Waals surface area contributed by atoms with Crippen LogP contribution in [0.15, 0.2) is 42.5 Å². The largest absolute Gasteiger partial charge is 0.378 e. The second kappa shape index (κ2) is 7.85. The lowest BCUT2D eigenvalue weighted by molar-refractivity contribution is -0.0902. The highest BCUT2D eigenvalue weighted by atomic mass is 35.5. The van der Waals surface area contributed by atoms with Crippen molar-refractivity contribution in [2.45, 2.75) is 37.5 Å². The summed E-state index contributed by atoms with van der Waals surface area (Å²) in [5.41, 5.74) is 8.01. The molecule has 2 saturated heterocycles. The summed E-state index contributed by atoms with van der Waals surface area (Å²) in [4.78, 5) is 14.4. The number of morpholine rings is 1. The molecule has 1 aromatic heterocycles. The molecule has 0 aliphatic carbocycles. The van der Waals surface area contributed by atoms with Gasteiger partial charge in [0.05, 0.1) is 34.8 Å². The van der Waals surface area contributed by atoms with Gasteiger partial charge in [-0.2, -0.15) is 5.10 Å². The van der Waals surface area contributed by atoms with E-state index in [9.17, 15) is 4.79 Å². The summed E-state index contributed by atoms with van der Waals surface area (Å²) in [7, 11) is 0. The molecule has 0 radical (unpaired) electrons. The third kappa shape index (κ3) is 3.48. The fourth-order valence-corrected chi connectivity index (χ4v) is 5.14. The number of nitrogens with zero attached hydrogens (tertiary/aromatic N) is 3. The average Bonchev–Trinajstić information content (AvgIpc) is 3.11. The van der Waals surface area contributed by atoms with Crippen molar-refractivity contribution in [1.82, 2.24) is 14.7 Å². The number of hydrogen-bond acceptors (Lipinski definition) is 4. The zero-order valence-electron chi connectivity index (χ0n) is 16.3. The first-order valence-electron chi connectivity index (χ1n) is 10.1. The highest BCUT2D eigenvalue weighted by molar-refractivity contribution is 6.42. The number of aromatic nitrogens is 2. The first kappa shape index (κ1) is 19.8. The van der Waals surface area contributed by atoms with E-state index in [1.165, 1.54) is 0 Å². The summed E-state index contributed by atoms with van der Waals surface area (Å²) in [6.07, 6.45) is 1.78. The van der Waals surface area contributed by atoms with Crippen LogP contribution >= 0.6 is 23.2 Å². The molecule has 2 aliphatic rings. The molecule has 1 amide bonds. The smallest absolute Gasteiger partial charge is 0.269 e. The molecule has 2 bridgehead atoms. The minimum atomic E-state index is -0.495. The quantitative estimate of drug-likeness (QED) is 0.658. The van der Waals surface area contributed by atoms with Crippen molar-refractivity contribution in [3.05, 3.63) is 63.8 Å². The van der Waals surface area contributed by atoms with Crippen molar-refractivity contribution in [3.8, 4) is 0 Å². The number of carbonyl (C=O) groups is 1. The number of fused-ring (bicyclic) bond motifs is 3. The fourth-order valence-electron chi connectivity index (χ4n) is 4.82. The van der Waals surface area contributed by atoms with E-state index in [1.807, 2.05) is 47.1 Å². The van der Waals surface area contributed by atoms with Gasteiger partial charge in [0.15, 0.2) is 5.69 Å². The molecule has 5 rings (SSSR count). The van der Waals surface area contributed by atoms with Crippen LogP contribution in [0, 0.1) is 0 Å². The minimum Gasteiger partial charge on any atom is -0.378 e. The predicted molar refractivity (Wildman–Crippen MR) is 117 cm³/mol. The Labute approximate surface area is 184 Å². The van der Waals surface area contributed by atoms with Crippen molar-refractivity contribution in [2.24, 2.45) is 5.73 Å². The van der Waals surface area contributed by atoms with Gasteiger partial charge in [-0.15, -0.1) is 0 Å². The summed E-state index contributed by atoms with van der Waals surface area (Å²) < 4.78 is 7.87. The lowest BCUT2D eigenvalue weighted by Crippen LogP contribution is -2.56. The number of benzene rings is 2. The maximum Gasteiger partial charge on any atom is 0.269 e. The molecule has 2 aromatic carbocycles. The maximum absolute atomic E-state index is 11.9. The van der Waals surface area contributed by atoms with E-state index in [-0.39, 0.29) is 18.1 Å². The Morgan fingerprint density at radius 3 is 2.50 bits per heavy atom. The Morgan fingerprint density at radius 1 is 1.07 bits per heavy atom. The number of primary amides is 1. The van der Waals surface area contributed by atoms with E-state index in [1.54, 1.807) is 0 Å². The third-order valence-electron chi connectivity index (χ3n) is 6.19. The summed E-state index contributed by atoms with van der Waals surface area (Å²) in [6, 6.07) is 14.3. The molecule has 6 nitrogen and oxygen atoms in total. The molecular formula is C22H22Cl2N4O2. The summed E-state index contributed by atoms with van der Waals surface area (Å²) in [5, 5.41) is 6.58. The highest BCUT2D eigenvalue weighted by Gasteiger charge is 2.40. The molecular weight excluding hydrogens is 423 g/mol. The highest BCUT2D eigenvalue weighted by Crippen LogP contribution is 2.37. The summed E-state index contributed by atoms with van der Waals surface area (Å²) in [5.74, 6) is -0.495. The average molecular weight is 445 g/mol. The van der Waals surface area contributed by atoms with Crippen LogP contribution in [0.3, 0.4) is 0 Å². The Morgan fingerprint density at radius 2 is 1.80 bits per heavy atom. The van der Waals surface area contributed by atoms with Gasteiger partial charge in [-0.1, -0.05) is 47.5 Å². The molecule has 2 fully saturated rings. The topological polar surface area (TPSA) is 73.4 Å². The number of carbonyl (C=O) groups excluding carboxylic acids is 1. The molecule has 0 spiro atoms. The van der Waals surface area contributed by atoms with Crippen molar-refractivity contribution in [1.29, 1.82) is 0 Å². The van der Waals surface area contributed by atoms with E-state index in [0.29, 0.717) is 29.0 Å². The summed E-state index contributed by atoms with van der Waals surface area (Å²) in [6.45, 7) is 2.15. The molecule has 3 heterocycles. The van der Waals surface area contributed by atoms with Crippen molar-refractivity contribution in [3.63, 3.8) is 0 Å². The number of halogens is 2. The van der Waals surface area contributed by atoms with Gasteiger partial charge in [0.2, 0.25) is 0 Å². The zero-order chi connectivity index (χ0) is 20.8. The first-order valence-corrected chi connectivity index (χ1v) is 10.8. The lowest BCUT2D eigenvalue weighted by Gasteiger charge is -2.48. The number of nitrogens with two attached hydrogens (primary N) is 1. The Hall–Kier alpha value is -2.12. The van der Waals surface area contributed by atoms with Gasteiger partial charge < -0.3 is 10.5 Å². The van der Waals surface area contributed by atoms with Crippen LogP contribution in [-0.4, -0.2) is 45.9 Å². The van der Waals surface area contributed by atoms with Gasteiger partial charge in [0, 0.05) is 24.0 Å². The normalized spacial score (nSPS) is 24.3. The molecule has 2 atom stereocenters. The van der Waals surface area contributed by atoms with E-state index in [4.69, 9.17) is 33.7 Å². The van der Waals surface area contributed by atoms with Crippen LogP contribution < -0.4 is 5.73 Å². The van der Waals surface area contributed by atoms with E-state index in [2.05, 4.69) is 10.00 Å². The Kier molecular flexibility index (Phi) is 5.19. The molecule has 2 unspecified atom stereocenters. The second-order valence-electron chi connectivity index (χ2n) is 8.07. The van der Waals surface area contributed by atoms with Crippen LogP contribution in [0.4, 0.5) is 0 Å². The fraction of sp³-hybridized carbons (Fsp3) is 0.364. The number of rotatable bonds is 4. The molecule has 3 aromatic rings. The molecule has 8 heteroatoms. The molecule has 2 aliphatic heterocycles. The first-order chi connectivity index (χ1) is 14.5. The Bertz CT molecular complexity index is 1100. The standard InChI is InChI=1S/C22H22Cl2N4O2/c23-18-6-5-13(7-19(18)24)10-27-15-8-14(9-16(27)12-30-11-15)28-20-4-2-1-3-17(20)21(26-28)22(25)29/h1-7,14-16H,8-12H2,(H2,25,29). The van der Waals surface area contributed by atoms with Gasteiger partial charge in [-0.3, -0.25) is 14.4 Å². The molecule has 0 saturated carbocycles. The van der Waals surface area contributed by atoms with Gasteiger partial charge in [0.1, 0.15) is 0 Å². The predicted octanol–water partition coefficient (Wildman–Crippen LogP) is 4.05. The van der Waals surface area contributed by atoms with Gasteiger partial charge in [-0.25, -0.2) is 0 Å². The van der Waals surface area contributed by atoms with E-state index in [0.717, 1.165) is 35.9 Å². The number of hydrogen-bond donors (Lipinski definition) is 1. The van der Waals surface area contributed by atoms with Crippen LogP contribution in [0.2, 0.25) is 10.0 Å². The van der Waals surface area contributed by atoms with Gasteiger partial charge in [-0.05, 0) is 36.6 Å². The monoisotopic (exact) mass is 444 g/mol. The Balaban J connectivity index is 1.43. The van der Waals surface area contributed by atoms with Crippen molar-refractivity contribution < 1.29 is 9.53 Å². The SMILES string of the molecule is NC(=O)c1nn(C2CC3COCC(C2)N3Cc2ccc(Cl)c(Cl)c2)c2ccccc12. The van der Waals surface area contributed by atoms with Crippen LogP contribution in [0.25, 0.3) is 10.9 Å². The third-order valence-corrected chi connectivity index (χ3v) is 6.93. The van der Waals surface area contributed by atoms with E-state index >= 15 is 0 Å². The summed E-state index contributed by atoms with van der Waals surface area (Å²) >= 11 is 12.3. The number of ether oxygens (including phenoxy) is 1. The van der Waals surface area contributed by atoms with Crippen LogP contribution in [-0.2, 0) is 11.3 Å². The molecule has 30 heavy (non-hydrogen) atoms. The number of piperidine rings is 1. The van der Waals surface area contributed by atoms with Gasteiger partial charge >= 0.3 is 0 Å². The number of amides is 1. The van der Waals surface area contributed by atoms with E-state index < -0.39 is 5.91 Å².